The lowest BCUT2D eigenvalue weighted by molar-refractivity contribution is -0.147. The van der Waals surface area contributed by atoms with E-state index in [0.29, 0.717) is 17.0 Å². The highest BCUT2D eigenvalue weighted by molar-refractivity contribution is 6.31. The maximum absolute atomic E-state index is 12.6. The first-order valence-electron chi connectivity index (χ1n) is 8.26. The van der Waals surface area contributed by atoms with Crippen LogP contribution in [-0.4, -0.2) is 31.0 Å². The second kappa shape index (κ2) is 7.74. The molecule has 1 aliphatic rings. The molecule has 7 heteroatoms. The average molecular weight is 366 g/mol. The number of nitrogens with zero attached hydrogens (tertiary/aromatic N) is 1. The molecule has 0 aromatic heterocycles. The molecule has 0 radical (unpaired) electrons. The molecule has 2 aromatic carbocycles. The van der Waals surface area contributed by atoms with E-state index >= 15 is 0 Å². The third-order valence-corrected chi connectivity index (χ3v) is 3.92. The Morgan fingerprint density at radius 3 is 2.56 bits per heavy atom. The van der Waals surface area contributed by atoms with Gasteiger partial charge in [0.05, 0.1) is 12.8 Å². The molecule has 0 unspecified atom stereocenters. The highest BCUT2D eigenvalue weighted by Gasteiger charge is 2.34. The molecule has 1 N–H and O–H groups in total. The van der Waals surface area contributed by atoms with Crippen LogP contribution in [0.2, 0.25) is 0 Å². The van der Waals surface area contributed by atoms with Crippen LogP contribution in [0.15, 0.2) is 60.2 Å². The fourth-order valence-corrected chi connectivity index (χ4v) is 2.58. The molecular formula is C20H18N2O5. The molecule has 0 aliphatic carbocycles. The van der Waals surface area contributed by atoms with Gasteiger partial charge in [-0.05, 0) is 42.8 Å². The van der Waals surface area contributed by atoms with E-state index in [0.717, 1.165) is 0 Å². The molecule has 1 heterocycles. The average Bonchev–Trinajstić information content (AvgIpc) is 2.96. The number of methoxy groups -OCH3 is 1. The zero-order chi connectivity index (χ0) is 19.4. The number of hydrogen-bond acceptors (Lipinski definition) is 5. The number of anilines is 1. The second-order valence-corrected chi connectivity index (χ2v) is 5.83. The van der Waals surface area contributed by atoms with Crippen LogP contribution in [0.1, 0.15) is 12.5 Å². The van der Waals surface area contributed by atoms with E-state index < -0.39 is 23.9 Å². The Kier molecular flexibility index (Phi) is 5.21. The number of nitrogens with one attached hydrogen (secondary N) is 1. The van der Waals surface area contributed by atoms with Crippen molar-refractivity contribution in [3.63, 3.8) is 0 Å². The van der Waals surface area contributed by atoms with Crippen molar-refractivity contribution in [3.05, 3.63) is 65.7 Å². The molecule has 27 heavy (non-hydrogen) atoms. The number of hydrazine groups is 1. The van der Waals surface area contributed by atoms with Gasteiger partial charge < -0.3 is 9.47 Å². The maximum Gasteiger partial charge on any atom is 0.346 e. The Labute approximate surface area is 156 Å². The minimum atomic E-state index is -0.775. The summed E-state index contributed by atoms with van der Waals surface area (Å²) in [5, 5.41) is 1.20. The van der Waals surface area contributed by atoms with Crippen molar-refractivity contribution in [1.82, 2.24) is 5.43 Å². The van der Waals surface area contributed by atoms with Crippen molar-refractivity contribution in [1.29, 1.82) is 0 Å². The van der Waals surface area contributed by atoms with Crippen molar-refractivity contribution < 1.29 is 23.9 Å². The molecule has 0 spiro atoms. The van der Waals surface area contributed by atoms with Crippen molar-refractivity contribution in [2.45, 2.75) is 13.0 Å². The first-order chi connectivity index (χ1) is 13.0. The van der Waals surface area contributed by atoms with Gasteiger partial charge in [0.1, 0.15) is 11.3 Å². The van der Waals surface area contributed by atoms with Gasteiger partial charge in [0.2, 0.25) is 0 Å². The van der Waals surface area contributed by atoms with Gasteiger partial charge in [0, 0.05) is 0 Å². The minimum Gasteiger partial charge on any atom is -0.479 e. The Morgan fingerprint density at radius 2 is 1.85 bits per heavy atom. The largest absolute Gasteiger partial charge is 0.479 e. The predicted octanol–water partition coefficient (Wildman–Crippen LogP) is 2.09. The van der Waals surface area contributed by atoms with Crippen molar-refractivity contribution in [2.24, 2.45) is 0 Å². The van der Waals surface area contributed by atoms with Crippen molar-refractivity contribution >= 4 is 29.5 Å². The lowest BCUT2D eigenvalue weighted by Crippen LogP contribution is -2.35. The summed E-state index contributed by atoms with van der Waals surface area (Å²) in [4.78, 5) is 36.3. The first-order valence-corrected chi connectivity index (χ1v) is 8.26. The van der Waals surface area contributed by atoms with E-state index in [1.807, 2.05) is 6.07 Å². The number of esters is 1. The third kappa shape index (κ3) is 3.98. The van der Waals surface area contributed by atoms with Gasteiger partial charge in [0.25, 0.3) is 11.8 Å². The van der Waals surface area contributed by atoms with Gasteiger partial charge >= 0.3 is 5.97 Å². The van der Waals surface area contributed by atoms with Gasteiger partial charge in [-0.1, -0.05) is 30.3 Å². The molecule has 1 aliphatic heterocycles. The van der Waals surface area contributed by atoms with Crippen molar-refractivity contribution in [3.8, 4) is 5.75 Å². The SMILES string of the molecule is COC(=O)[C@@H](C)Oc1cccc(/C=C2/C(=O)NN(c3ccccc3)C2=O)c1. The summed E-state index contributed by atoms with van der Waals surface area (Å²) in [5.41, 5.74) is 3.72. The van der Waals surface area contributed by atoms with Crippen LogP contribution in [-0.2, 0) is 19.1 Å². The van der Waals surface area contributed by atoms with Crippen LogP contribution in [0.3, 0.4) is 0 Å². The number of carbonyl (C=O) groups excluding carboxylic acids is 3. The molecule has 0 bridgehead atoms. The van der Waals surface area contributed by atoms with Crippen LogP contribution < -0.4 is 15.2 Å². The number of rotatable bonds is 5. The molecule has 7 nitrogen and oxygen atoms in total. The lowest BCUT2D eigenvalue weighted by atomic mass is 10.1. The second-order valence-electron chi connectivity index (χ2n) is 5.83. The molecule has 1 fully saturated rings. The standard InChI is InChI=1S/C20H18N2O5/c1-13(20(25)26-2)27-16-10-6-7-14(11-16)12-17-18(23)21-22(19(17)24)15-8-4-3-5-9-15/h3-13H,1-2H3,(H,21,23)/b17-12-/t13-/m1/s1. The summed E-state index contributed by atoms with van der Waals surface area (Å²) in [7, 11) is 1.28. The van der Waals surface area contributed by atoms with Crippen LogP contribution in [0.5, 0.6) is 5.75 Å². The monoisotopic (exact) mass is 366 g/mol. The lowest BCUT2D eigenvalue weighted by Gasteiger charge is -2.14. The smallest absolute Gasteiger partial charge is 0.346 e. The fourth-order valence-electron chi connectivity index (χ4n) is 2.58. The number of ether oxygens (including phenoxy) is 2. The molecule has 0 saturated carbocycles. The summed E-state index contributed by atoms with van der Waals surface area (Å²) in [6.07, 6.45) is 0.707. The van der Waals surface area contributed by atoms with Gasteiger partial charge in [-0.2, -0.15) is 0 Å². The first kappa shape index (κ1) is 18.2. The van der Waals surface area contributed by atoms with Crippen LogP contribution in [0.25, 0.3) is 6.08 Å². The van der Waals surface area contributed by atoms with Crippen LogP contribution >= 0.6 is 0 Å². The predicted molar refractivity (Wildman–Crippen MR) is 98.6 cm³/mol. The number of para-hydroxylation sites is 1. The van der Waals surface area contributed by atoms with E-state index in [1.54, 1.807) is 55.5 Å². The van der Waals surface area contributed by atoms with E-state index in [9.17, 15) is 14.4 Å². The topological polar surface area (TPSA) is 84.9 Å². The fraction of sp³-hybridized carbons (Fsp3) is 0.150. The van der Waals surface area contributed by atoms with Crippen LogP contribution in [0.4, 0.5) is 5.69 Å². The quantitative estimate of drug-likeness (QED) is 0.498. The molecule has 1 saturated heterocycles. The summed E-state index contributed by atoms with van der Waals surface area (Å²) in [6, 6.07) is 15.6. The molecule has 2 aromatic rings. The highest BCUT2D eigenvalue weighted by atomic mass is 16.6. The Morgan fingerprint density at radius 1 is 1.11 bits per heavy atom. The molecule has 138 valence electrons. The normalized spacial score (nSPS) is 16.2. The van der Waals surface area contributed by atoms with E-state index in [2.05, 4.69) is 10.2 Å². The van der Waals surface area contributed by atoms with E-state index in [-0.39, 0.29) is 5.57 Å². The zero-order valence-corrected chi connectivity index (χ0v) is 14.8. The third-order valence-electron chi connectivity index (χ3n) is 3.92. The van der Waals surface area contributed by atoms with Crippen LogP contribution in [0, 0.1) is 0 Å². The summed E-state index contributed by atoms with van der Waals surface area (Å²) in [6.45, 7) is 1.57. The molecule has 3 rings (SSSR count). The highest BCUT2D eigenvalue weighted by Crippen LogP contribution is 2.23. The number of benzene rings is 2. The molecule has 2 amide bonds. The number of carbonyl (C=O) groups is 3. The Bertz CT molecular complexity index is 908. The molecular weight excluding hydrogens is 348 g/mol. The van der Waals surface area contributed by atoms with Gasteiger partial charge in [-0.3, -0.25) is 15.0 Å². The van der Waals surface area contributed by atoms with Gasteiger partial charge in [0.15, 0.2) is 6.10 Å². The zero-order valence-electron chi connectivity index (χ0n) is 14.8. The Hall–Kier alpha value is -3.61. The van der Waals surface area contributed by atoms with Gasteiger partial charge in [-0.25, -0.2) is 9.80 Å². The summed E-state index contributed by atoms with van der Waals surface area (Å²) in [5.74, 6) is -1.01. The van der Waals surface area contributed by atoms with E-state index in [4.69, 9.17) is 4.74 Å². The molecule has 1 atom stereocenters. The van der Waals surface area contributed by atoms with Crippen molar-refractivity contribution in [2.75, 3.05) is 12.1 Å². The van der Waals surface area contributed by atoms with Gasteiger partial charge in [-0.15, -0.1) is 0 Å². The summed E-state index contributed by atoms with van der Waals surface area (Å²) >= 11 is 0. The number of amides is 2. The van der Waals surface area contributed by atoms with E-state index in [1.165, 1.54) is 18.2 Å². The number of hydrogen-bond donors (Lipinski definition) is 1. The maximum atomic E-state index is 12.6. The summed E-state index contributed by atoms with van der Waals surface area (Å²) < 4.78 is 10.1. The minimum absolute atomic E-state index is 0.0111. The Balaban J connectivity index is 1.82.